The zero-order valence-electron chi connectivity index (χ0n) is 25.4. The number of fused-ring (bicyclic) bond motifs is 2. The van der Waals surface area contributed by atoms with E-state index in [1.165, 1.54) is 26.9 Å². The molecule has 2 fully saturated rings. The number of ether oxygens (including phenoxy) is 2. The molecule has 0 radical (unpaired) electrons. The molecule has 2 aromatic carbocycles. The van der Waals surface area contributed by atoms with Gasteiger partial charge in [-0.25, -0.2) is 5.53 Å². The summed E-state index contributed by atoms with van der Waals surface area (Å²) in [6.45, 7) is 6.42. The van der Waals surface area contributed by atoms with Crippen LogP contribution in [0.3, 0.4) is 0 Å². The summed E-state index contributed by atoms with van der Waals surface area (Å²) in [5.74, 6) is 2.31. The van der Waals surface area contributed by atoms with E-state index in [1.807, 2.05) is 24.3 Å². The number of piperidine rings is 1. The van der Waals surface area contributed by atoms with Gasteiger partial charge in [0.05, 0.1) is 6.61 Å². The maximum Gasteiger partial charge on any atom is 0.233 e. The van der Waals surface area contributed by atoms with E-state index in [2.05, 4.69) is 100 Å². The number of likely N-dealkylation sites (tertiary alicyclic amines) is 2. The van der Waals surface area contributed by atoms with Crippen LogP contribution in [0, 0.1) is 5.92 Å². The fourth-order valence-corrected chi connectivity index (χ4v) is 6.52. The van der Waals surface area contributed by atoms with E-state index < -0.39 is 0 Å². The van der Waals surface area contributed by atoms with Gasteiger partial charge >= 0.3 is 0 Å². The molecule has 2 atom stereocenters. The van der Waals surface area contributed by atoms with Crippen LogP contribution < -0.4 is 15.8 Å². The van der Waals surface area contributed by atoms with Crippen LogP contribution in [-0.2, 0) is 17.8 Å². The molecule has 4 aromatic rings. The number of hydrazone groups is 2. The molecule has 0 aliphatic carbocycles. The first-order valence-corrected chi connectivity index (χ1v) is 15.8. The highest BCUT2D eigenvalue weighted by atomic mass is 16.5. The van der Waals surface area contributed by atoms with Gasteiger partial charge in [0.25, 0.3) is 0 Å². The molecule has 8 rings (SSSR count). The molecule has 14 nitrogen and oxygen atoms in total. The summed E-state index contributed by atoms with van der Waals surface area (Å²) < 4.78 is 13.6. The SMILES string of the molecule is C1=CC2=NNNN2N=C1OC1CCCN(Cc2ccccc2-c2ccc(CN3CCC(COc4ccc5nnnn5n4)C3)cc2)C1. The van der Waals surface area contributed by atoms with E-state index in [0.29, 0.717) is 35.8 Å². The average Bonchev–Trinajstić information content (AvgIpc) is 3.86. The van der Waals surface area contributed by atoms with Gasteiger partial charge in [-0.1, -0.05) is 48.5 Å². The van der Waals surface area contributed by atoms with Gasteiger partial charge in [-0.05, 0) is 77.2 Å². The molecule has 2 N–H and O–H groups in total. The van der Waals surface area contributed by atoms with Crippen LogP contribution in [0.5, 0.6) is 5.88 Å². The number of benzene rings is 2. The predicted molar refractivity (Wildman–Crippen MR) is 171 cm³/mol. The molecule has 236 valence electrons. The number of hydrogen-bond donors (Lipinski definition) is 2. The van der Waals surface area contributed by atoms with E-state index in [4.69, 9.17) is 9.47 Å². The van der Waals surface area contributed by atoms with Crippen molar-refractivity contribution in [1.82, 2.24) is 51.2 Å². The molecule has 2 saturated heterocycles. The Kier molecular flexibility index (Phi) is 7.96. The Morgan fingerprint density at radius 2 is 1.80 bits per heavy atom. The first-order chi connectivity index (χ1) is 22.7. The van der Waals surface area contributed by atoms with Crippen molar-refractivity contribution in [3.05, 3.63) is 83.9 Å². The highest BCUT2D eigenvalue weighted by molar-refractivity contribution is 6.03. The Morgan fingerprint density at radius 3 is 2.76 bits per heavy atom. The zero-order chi connectivity index (χ0) is 30.7. The summed E-state index contributed by atoms with van der Waals surface area (Å²) in [5.41, 5.74) is 11.3. The third-order valence-corrected chi connectivity index (χ3v) is 8.83. The second-order valence-electron chi connectivity index (χ2n) is 12.1. The smallest absolute Gasteiger partial charge is 0.233 e. The Bertz CT molecular complexity index is 1770. The molecule has 46 heavy (non-hydrogen) atoms. The quantitative estimate of drug-likeness (QED) is 0.286. The Hall–Kier alpha value is -4.92. The summed E-state index contributed by atoms with van der Waals surface area (Å²) in [6, 6.07) is 21.4. The van der Waals surface area contributed by atoms with Gasteiger partial charge in [0.1, 0.15) is 6.10 Å². The number of tetrazole rings is 1. The van der Waals surface area contributed by atoms with Crippen molar-refractivity contribution < 1.29 is 9.47 Å². The van der Waals surface area contributed by atoms with Crippen molar-refractivity contribution in [3.8, 4) is 17.0 Å². The molecule has 14 heteroatoms. The van der Waals surface area contributed by atoms with Crippen molar-refractivity contribution in [2.45, 2.75) is 38.5 Å². The first-order valence-electron chi connectivity index (χ1n) is 15.8. The van der Waals surface area contributed by atoms with E-state index in [9.17, 15) is 0 Å². The number of nitrogens with zero attached hydrogens (tertiary/aromatic N) is 10. The Balaban J connectivity index is 0.845. The van der Waals surface area contributed by atoms with Crippen LogP contribution in [0.25, 0.3) is 16.8 Å². The largest absolute Gasteiger partial charge is 0.476 e. The second kappa shape index (κ2) is 12.8. The van der Waals surface area contributed by atoms with Gasteiger partial charge in [-0.15, -0.1) is 30.6 Å². The molecule has 4 aliphatic heterocycles. The Morgan fingerprint density at radius 1 is 0.891 bits per heavy atom. The molecule has 0 saturated carbocycles. The van der Waals surface area contributed by atoms with Crippen LogP contribution in [0.1, 0.15) is 30.4 Å². The van der Waals surface area contributed by atoms with Crippen molar-refractivity contribution >= 4 is 17.4 Å². The molecule has 0 amide bonds. The van der Waals surface area contributed by atoms with Crippen LogP contribution in [0.2, 0.25) is 0 Å². The molecule has 6 heterocycles. The Labute approximate surface area is 266 Å². The fraction of sp³-hybridized carbons (Fsp3) is 0.375. The monoisotopic (exact) mass is 620 g/mol. The minimum Gasteiger partial charge on any atom is -0.476 e. The standard InChI is InChI=1S/C32H36N12O2/c1-2-6-28(26(4-1)20-41-16-3-5-27(21-41)46-32-14-12-30-34-38-40-44(30)36-32)25-9-7-23(8-10-25)18-42-17-15-24(19-42)22-45-31-13-11-29-33-37-39-43(29)35-31/h1-2,4,6-14,24,27,38,40H,3,5,15-22H2. The number of hydrogen-bond acceptors (Lipinski definition) is 13. The first kappa shape index (κ1) is 28.5. The van der Waals surface area contributed by atoms with E-state index in [1.54, 1.807) is 5.12 Å². The lowest BCUT2D eigenvalue weighted by Gasteiger charge is -2.33. The molecule has 4 aliphatic rings. The van der Waals surface area contributed by atoms with Crippen molar-refractivity contribution in [2.75, 3.05) is 32.8 Å². The number of amidine groups is 1. The van der Waals surface area contributed by atoms with Crippen LogP contribution in [0.4, 0.5) is 0 Å². The number of rotatable bonds is 9. The average molecular weight is 621 g/mol. The normalized spacial score (nSPS) is 21.6. The lowest BCUT2D eigenvalue weighted by molar-refractivity contribution is 0.0745. The van der Waals surface area contributed by atoms with Crippen molar-refractivity contribution in [1.29, 1.82) is 0 Å². The lowest BCUT2D eigenvalue weighted by Crippen LogP contribution is -2.42. The number of aromatic nitrogens is 5. The maximum atomic E-state index is 6.28. The molecular weight excluding hydrogens is 584 g/mol. The van der Waals surface area contributed by atoms with E-state index in [-0.39, 0.29) is 6.10 Å². The molecule has 2 aromatic heterocycles. The summed E-state index contributed by atoms with van der Waals surface area (Å²) >= 11 is 0. The lowest BCUT2D eigenvalue weighted by atomic mass is 9.97. The van der Waals surface area contributed by atoms with Crippen molar-refractivity contribution in [3.63, 3.8) is 0 Å². The topological polar surface area (TPSA) is 133 Å². The summed E-state index contributed by atoms with van der Waals surface area (Å²) in [4.78, 5) is 4.99. The predicted octanol–water partition coefficient (Wildman–Crippen LogP) is 2.59. The second-order valence-corrected chi connectivity index (χ2v) is 12.1. The van der Waals surface area contributed by atoms with Crippen molar-refractivity contribution in [2.24, 2.45) is 16.1 Å². The van der Waals surface area contributed by atoms with E-state index >= 15 is 0 Å². The maximum absolute atomic E-state index is 6.28. The zero-order valence-corrected chi connectivity index (χ0v) is 25.4. The summed E-state index contributed by atoms with van der Waals surface area (Å²) in [6.07, 6.45) is 7.05. The van der Waals surface area contributed by atoms with Crippen LogP contribution in [-0.4, -0.2) is 90.8 Å². The summed E-state index contributed by atoms with van der Waals surface area (Å²) in [5, 5.41) is 25.8. The summed E-state index contributed by atoms with van der Waals surface area (Å²) in [7, 11) is 0. The highest BCUT2D eigenvalue weighted by Crippen LogP contribution is 2.28. The number of hydrazine groups is 2. The van der Waals surface area contributed by atoms with E-state index in [0.717, 1.165) is 58.5 Å². The number of nitrogens with one attached hydrogen (secondary N) is 2. The van der Waals surface area contributed by atoms with Gasteiger partial charge in [0.15, 0.2) is 11.5 Å². The van der Waals surface area contributed by atoms with Gasteiger partial charge in [-0.2, -0.15) is 5.12 Å². The van der Waals surface area contributed by atoms with Gasteiger partial charge in [0, 0.05) is 44.2 Å². The van der Waals surface area contributed by atoms with Crippen LogP contribution in [0.15, 0.2) is 83.0 Å². The minimum atomic E-state index is 0.0904. The van der Waals surface area contributed by atoms with Gasteiger partial charge < -0.3 is 9.47 Å². The third-order valence-electron chi connectivity index (χ3n) is 8.83. The fourth-order valence-electron chi connectivity index (χ4n) is 6.52. The minimum absolute atomic E-state index is 0.0904. The molecular formula is C32H36N12O2. The van der Waals surface area contributed by atoms with Gasteiger partial charge in [0.2, 0.25) is 11.8 Å². The third kappa shape index (κ3) is 6.40. The van der Waals surface area contributed by atoms with Crippen LogP contribution >= 0.6 is 0 Å². The van der Waals surface area contributed by atoms with Gasteiger partial charge in [-0.3, -0.25) is 9.80 Å². The highest BCUT2D eigenvalue weighted by Gasteiger charge is 2.26. The molecule has 0 spiro atoms. The molecule has 0 bridgehead atoms. The molecule has 2 unspecified atom stereocenters.